The fraction of sp³-hybridized carbons (Fsp3) is 0.571. The monoisotopic (exact) mass is 266 g/mol. The minimum absolute atomic E-state index is 0.259. The highest BCUT2D eigenvalue weighted by Gasteiger charge is 2.17. The van der Waals surface area contributed by atoms with Gasteiger partial charge in [0.2, 0.25) is 0 Å². The van der Waals surface area contributed by atoms with Gasteiger partial charge in [-0.05, 0) is 32.3 Å². The van der Waals surface area contributed by atoms with Gasteiger partial charge in [-0.2, -0.15) is 0 Å². The quantitative estimate of drug-likeness (QED) is 0.828. The molecule has 0 saturated carbocycles. The summed E-state index contributed by atoms with van der Waals surface area (Å²) in [6.45, 7) is 6.06. The summed E-state index contributed by atoms with van der Waals surface area (Å²) >= 11 is 0. The van der Waals surface area contributed by atoms with Crippen molar-refractivity contribution in [2.75, 3.05) is 64.0 Å². The third kappa shape index (κ3) is 4.08. The van der Waals surface area contributed by atoms with E-state index >= 15 is 0 Å². The van der Waals surface area contributed by atoms with Crippen molar-refractivity contribution in [1.29, 1.82) is 0 Å². The molecule has 19 heavy (non-hydrogen) atoms. The Bertz CT molecular complexity index is 394. The summed E-state index contributed by atoms with van der Waals surface area (Å²) in [5.74, 6) is -0.259. The highest BCUT2D eigenvalue weighted by Crippen LogP contribution is 2.21. The summed E-state index contributed by atoms with van der Waals surface area (Å²) in [6, 6.07) is 4.77. The highest BCUT2D eigenvalue weighted by molar-refractivity contribution is 5.56. The normalized spacial score (nSPS) is 17.2. The van der Waals surface area contributed by atoms with Crippen molar-refractivity contribution in [3.8, 4) is 0 Å². The minimum Gasteiger partial charge on any atom is -0.399 e. The Morgan fingerprint density at radius 1 is 1.16 bits per heavy atom. The number of nitrogen functional groups attached to an aromatic ring is 1. The SMILES string of the molecule is CN(C)CCN1CCN(c2cc(N)cc(F)c2)CC1. The molecular formula is C14H23FN4. The van der Waals surface area contributed by atoms with Crippen LogP contribution in [-0.4, -0.2) is 63.2 Å². The molecule has 0 radical (unpaired) electrons. The van der Waals surface area contributed by atoms with E-state index < -0.39 is 0 Å². The molecule has 0 unspecified atom stereocenters. The van der Waals surface area contributed by atoms with Crippen molar-refractivity contribution >= 4 is 11.4 Å². The predicted octanol–water partition coefficient (Wildman–Crippen LogP) is 1.09. The van der Waals surface area contributed by atoms with Crippen LogP contribution in [0, 0.1) is 5.82 Å². The maximum Gasteiger partial charge on any atom is 0.127 e. The molecule has 1 heterocycles. The Labute approximate surface area is 114 Å². The van der Waals surface area contributed by atoms with Crippen molar-refractivity contribution in [2.45, 2.75) is 0 Å². The molecule has 1 aromatic rings. The third-order valence-electron chi connectivity index (χ3n) is 3.51. The number of hydrogen-bond donors (Lipinski definition) is 1. The number of benzene rings is 1. The smallest absolute Gasteiger partial charge is 0.127 e. The molecule has 0 amide bonds. The van der Waals surface area contributed by atoms with E-state index in [1.54, 1.807) is 6.07 Å². The predicted molar refractivity (Wildman–Crippen MR) is 78.0 cm³/mol. The molecule has 0 bridgehead atoms. The lowest BCUT2D eigenvalue weighted by Crippen LogP contribution is -2.48. The number of hydrogen-bond acceptors (Lipinski definition) is 4. The summed E-state index contributed by atoms with van der Waals surface area (Å²) < 4.78 is 13.3. The summed E-state index contributed by atoms with van der Waals surface area (Å²) in [4.78, 5) is 6.84. The molecule has 0 aliphatic carbocycles. The van der Waals surface area contributed by atoms with Gasteiger partial charge in [-0.1, -0.05) is 0 Å². The first-order chi connectivity index (χ1) is 9.04. The van der Waals surface area contributed by atoms with Crippen LogP contribution in [0.4, 0.5) is 15.8 Å². The average Bonchev–Trinajstić information content (AvgIpc) is 2.36. The second-order valence-corrected chi connectivity index (χ2v) is 5.37. The molecule has 5 heteroatoms. The van der Waals surface area contributed by atoms with Gasteiger partial charge in [-0.25, -0.2) is 4.39 Å². The van der Waals surface area contributed by atoms with Gasteiger partial charge < -0.3 is 15.5 Å². The number of halogens is 1. The first-order valence-electron chi connectivity index (χ1n) is 6.73. The second-order valence-electron chi connectivity index (χ2n) is 5.37. The van der Waals surface area contributed by atoms with Crippen LogP contribution in [0.2, 0.25) is 0 Å². The molecule has 1 aromatic carbocycles. The van der Waals surface area contributed by atoms with Gasteiger partial charge in [0.15, 0.2) is 0 Å². The molecule has 0 atom stereocenters. The number of piperazine rings is 1. The summed E-state index contributed by atoms with van der Waals surface area (Å²) in [6.07, 6.45) is 0. The van der Waals surface area contributed by atoms with E-state index in [-0.39, 0.29) is 5.82 Å². The van der Waals surface area contributed by atoms with E-state index in [9.17, 15) is 4.39 Å². The third-order valence-corrected chi connectivity index (χ3v) is 3.51. The van der Waals surface area contributed by atoms with Crippen LogP contribution < -0.4 is 10.6 Å². The zero-order valence-corrected chi connectivity index (χ0v) is 11.8. The van der Waals surface area contributed by atoms with Gasteiger partial charge in [0.25, 0.3) is 0 Å². The van der Waals surface area contributed by atoms with Crippen LogP contribution in [0.15, 0.2) is 18.2 Å². The van der Waals surface area contributed by atoms with Gasteiger partial charge >= 0.3 is 0 Å². The molecule has 1 saturated heterocycles. The van der Waals surface area contributed by atoms with Gasteiger partial charge in [0.1, 0.15) is 5.82 Å². The Balaban J connectivity index is 1.89. The molecule has 2 N–H and O–H groups in total. The lowest BCUT2D eigenvalue weighted by molar-refractivity contribution is 0.229. The number of nitrogens with two attached hydrogens (primary N) is 1. The van der Waals surface area contributed by atoms with Gasteiger partial charge in [-0.3, -0.25) is 4.90 Å². The zero-order chi connectivity index (χ0) is 13.8. The summed E-state index contributed by atoms with van der Waals surface area (Å²) in [5, 5.41) is 0. The van der Waals surface area contributed by atoms with E-state index in [0.717, 1.165) is 45.0 Å². The van der Waals surface area contributed by atoms with E-state index in [1.165, 1.54) is 6.07 Å². The first kappa shape index (κ1) is 14.1. The molecular weight excluding hydrogens is 243 g/mol. The van der Waals surface area contributed by atoms with Crippen LogP contribution in [0.5, 0.6) is 0 Å². The maximum atomic E-state index is 13.3. The Hall–Kier alpha value is -1.33. The molecule has 4 nitrogen and oxygen atoms in total. The Morgan fingerprint density at radius 2 is 1.84 bits per heavy atom. The lowest BCUT2D eigenvalue weighted by atomic mass is 10.2. The van der Waals surface area contributed by atoms with Gasteiger partial charge in [0.05, 0.1) is 0 Å². The van der Waals surface area contributed by atoms with E-state index in [0.29, 0.717) is 5.69 Å². The maximum absolute atomic E-state index is 13.3. The summed E-state index contributed by atoms with van der Waals surface area (Å²) in [7, 11) is 4.18. The molecule has 106 valence electrons. The van der Waals surface area contributed by atoms with Crippen molar-refractivity contribution in [1.82, 2.24) is 9.80 Å². The second kappa shape index (κ2) is 6.21. The average molecular weight is 266 g/mol. The van der Waals surface area contributed by atoms with Gasteiger partial charge in [-0.15, -0.1) is 0 Å². The molecule has 0 aromatic heterocycles. The number of rotatable bonds is 4. The van der Waals surface area contributed by atoms with Crippen molar-refractivity contribution in [3.63, 3.8) is 0 Å². The zero-order valence-electron chi connectivity index (χ0n) is 11.8. The van der Waals surface area contributed by atoms with Gasteiger partial charge in [0, 0.05) is 50.6 Å². The molecule has 1 aliphatic rings. The van der Waals surface area contributed by atoms with Crippen molar-refractivity contribution in [3.05, 3.63) is 24.0 Å². The van der Waals surface area contributed by atoms with Crippen molar-refractivity contribution in [2.24, 2.45) is 0 Å². The number of anilines is 2. The largest absolute Gasteiger partial charge is 0.399 e. The fourth-order valence-corrected chi connectivity index (χ4v) is 2.35. The van der Waals surface area contributed by atoms with Crippen LogP contribution >= 0.6 is 0 Å². The topological polar surface area (TPSA) is 35.7 Å². The van der Waals surface area contributed by atoms with E-state index in [4.69, 9.17) is 5.73 Å². The summed E-state index contributed by atoms with van der Waals surface area (Å²) in [5.41, 5.74) is 7.08. The number of nitrogens with zero attached hydrogens (tertiary/aromatic N) is 3. The first-order valence-corrected chi connectivity index (χ1v) is 6.73. The lowest BCUT2D eigenvalue weighted by Gasteiger charge is -2.36. The Morgan fingerprint density at radius 3 is 2.42 bits per heavy atom. The molecule has 1 fully saturated rings. The van der Waals surface area contributed by atoms with Crippen LogP contribution in [-0.2, 0) is 0 Å². The van der Waals surface area contributed by atoms with Crippen molar-refractivity contribution < 1.29 is 4.39 Å². The van der Waals surface area contributed by atoms with Crippen LogP contribution in [0.25, 0.3) is 0 Å². The standard InChI is InChI=1S/C14H23FN4/c1-17(2)3-4-18-5-7-19(8-6-18)14-10-12(15)9-13(16)11-14/h9-11H,3-8,16H2,1-2H3. The molecule has 0 spiro atoms. The fourth-order valence-electron chi connectivity index (χ4n) is 2.35. The molecule has 2 rings (SSSR count). The Kier molecular flexibility index (Phi) is 4.61. The molecule has 1 aliphatic heterocycles. The number of likely N-dealkylation sites (N-methyl/N-ethyl adjacent to an activating group) is 1. The van der Waals surface area contributed by atoms with Crippen LogP contribution in [0.3, 0.4) is 0 Å². The highest BCUT2D eigenvalue weighted by atomic mass is 19.1. The van der Waals surface area contributed by atoms with E-state index in [2.05, 4.69) is 28.8 Å². The van der Waals surface area contributed by atoms with E-state index in [1.807, 2.05) is 6.07 Å². The minimum atomic E-state index is -0.259. The van der Waals surface area contributed by atoms with Crippen LogP contribution in [0.1, 0.15) is 0 Å².